The van der Waals surface area contributed by atoms with E-state index in [1.807, 2.05) is 0 Å². The van der Waals surface area contributed by atoms with Gasteiger partial charge in [0.25, 0.3) is 0 Å². The van der Waals surface area contributed by atoms with Crippen LogP contribution in [0.3, 0.4) is 0 Å². The second kappa shape index (κ2) is 9.87. The molecule has 0 N–H and O–H groups in total. The average Bonchev–Trinajstić information content (AvgIpc) is 3.24. The summed E-state index contributed by atoms with van der Waals surface area (Å²) in [6.07, 6.45) is 0. The molecule has 1 heteroatoms. The fraction of sp³-hybridized carbons (Fsp3) is 0.100. The molecule has 0 spiro atoms. The van der Waals surface area contributed by atoms with Crippen LogP contribution in [0.1, 0.15) is 33.4 Å². The zero-order chi connectivity index (χ0) is 28.1. The predicted molar refractivity (Wildman–Crippen MR) is 181 cm³/mol. The number of benzene rings is 6. The second-order valence-electron chi connectivity index (χ2n) is 11.8. The SMILES string of the molecule is Cc1ccc2ccccc2c1C1=C(c2ccccc2)C(c2ccccc2)=C(c2c(C)ccc3ccccc23)[Si]1(C)C. The minimum atomic E-state index is -2.31. The Morgan fingerprint density at radius 3 is 1.17 bits per heavy atom. The first-order valence-electron chi connectivity index (χ1n) is 14.5. The number of hydrogen-bond acceptors (Lipinski definition) is 0. The summed E-state index contributed by atoms with van der Waals surface area (Å²) in [6.45, 7) is 9.76. The topological polar surface area (TPSA) is 0 Å². The van der Waals surface area contributed by atoms with Crippen LogP contribution < -0.4 is 0 Å². The Hall–Kier alpha value is -4.46. The molecule has 1 aliphatic rings. The van der Waals surface area contributed by atoms with Gasteiger partial charge in [-0.2, -0.15) is 0 Å². The third-order valence-electron chi connectivity index (χ3n) is 8.90. The molecule has 0 saturated heterocycles. The molecule has 0 unspecified atom stereocenters. The lowest BCUT2D eigenvalue weighted by molar-refractivity contribution is 1.46. The third kappa shape index (κ3) is 4.03. The molecule has 0 radical (unpaired) electrons. The third-order valence-corrected chi connectivity index (χ3v) is 12.4. The summed E-state index contributed by atoms with van der Waals surface area (Å²) >= 11 is 0. The molecule has 0 fully saturated rings. The highest BCUT2D eigenvalue weighted by Crippen LogP contribution is 2.57. The molecular formula is C40H34Si. The summed E-state index contributed by atoms with van der Waals surface area (Å²) in [5.41, 5.74) is 10.9. The van der Waals surface area contributed by atoms with Gasteiger partial charge >= 0.3 is 0 Å². The van der Waals surface area contributed by atoms with Gasteiger partial charge in [0.1, 0.15) is 8.07 Å². The lowest BCUT2D eigenvalue weighted by Crippen LogP contribution is -2.29. The van der Waals surface area contributed by atoms with Crippen LogP contribution in [0.4, 0.5) is 0 Å². The van der Waals surface area contributed by atoms with Crippen LogP contribution in [0.2, 0.25) is 13.1 Å². The summed E-state index contributed by atoms with van der Waals surface area (Å²) in [4.78, 5) is 0. The Labute approximate surface area is 244 Å². The van der Waals surface area contributed by atoms with Crippen molar-refractivity contribution in [3.8, 4) is 0 Å². The standard InChI is InChI=1S/C40H34Si/c1-27-23-25-29-15-11-13-21-33(29)35(27)39-37(31-17-7-5-8-18-31)38(32-19-9-6-10-20-32)40(41(39,3)4)36-28(2)24-26-30-16-12-14-22-34(30)36/h5-26H,1-4H3. The average molecular weight is 543 g/mol. The lowest BCUT2D eigenvalue weighted by Gasteiger charge is -2.29. The second-order valence-corrected chi connectivity index (χ2v) is 16.1. The zero-order valence-corrected chi connectivity index (χ0v) is 25.2. The van der Waals surface area contributed by atoms with Gasteiger partial charge in [0.15, 0.2) is 0 Å². The predicted octanol–water partition coefficient (Wildman–Crippen LogP) is 10.9. The lowest BCUT2D eigenvalue weighted by atomic mass is 9.86. The highest BCUT2D eigenvalue weighted by molar-refractivity contribution is 7.13. The highest BCUT2D eigenvalue weighted by Gasteiger charge is 2.45. The van der Waals surface area contributed by atoms with Crippen LogP contribution in [0.15, 0.2) is 133 Å². The van der Waals surface area contributed by atoms with Gasteiger partial charge in [0.05, 0.1) is 0 Å². The minimum Gasteiger partial charge on any atom is -0.0622 e. The molecule has 7 rings (SSSR count). The van der Waals surface area contributed by atoms with Gasteiger partial charge in [-0.25, -0.2) is 0 Å². The Morgan fingerprint density at radius 1 is 0.390 bits per heavy atom. The molecule has 0 aliphatic carbocycles. The highest BCUT2D eigenvalue weighted by atomic mass is 28.3. The van der Waals surface area contributed by atoms with Crippen LogP contribution in [0.5, 0.6) is 0 Å². The molecule has 1 aliphatic heterocycles. The maximum Gasteiger partial charge on any atom is 0.115 e. The van der Waals surface area contributed by atoms with Crippen molar-refractivity contribution in [3.63, 3.8) is 0 Å². The smallest absolute Gasteiger partial charge is 0.0622 e. The molecule has 0 nitrogen and oxygen atoms in total. The Bertz CT molecular complexity index is 1860. The van der Waals surface area contributed by atoms with E-state index in [-0.39, 0.29) is 0 Å². The monoisotopic (exact) mass is 542 g/mol. The summed E-state index contributed by atoms with van der Waals surface area (Å²) in [5, 5.41) is 8.38. The van der Waals surface area contributed by atoms with E-state index < -0.39 is 8.07 Å². The Morgan fingerprint density at radius 2 is 0.756 bits per heavy atom. The molecule has 0 aromatic heterocycles. The number of fused-ring (bicyclic) bond motifs is 2. The number of rotatable bonds is 4. The van der Waals surface area contributed by atoms with Crippen LogP contribution in [-0.4, -0.2) is 8.07 Å². The molecular weight excluding hydrogens is 509 g/mol. The Balaban J connectivity index is 1.70. The summed E-state index contributed by atoms with van der Waals surface area (Å²) < 4.78 is 0. The van der Waals surface area contributed by atoms with E-state index in [0.717, 1.165) is 0 Å². The number of aryl methyl sites for hydroxylation is 2. The first-order valence-corrected chi connectivity index (χ1v) is 17.5. The quantitative estimate of drug-likeness (QED) is 0.194. The molecule has 0 atom stereocenters. The van der Waals surface area contributed by atoms with E-state index >= 15 is 0 Å². The van der Waals surface area contributed by atoms with E-state index in [0.29, 0.717) is 0 Å². The molecule has 0 saturated carbocycles. The molecule has 1 heterocycles. The molecule has 41 heavy (non-hydrogen) atoms. The van der Waals surface area contributed by atoms with E-state index in [2.05, 4.69) is 160 Å². The van der Waals surface area contributed by atoms with Crippen LogP contribution in [0, 0.1) is 13.8 Å². The summed E-state index contributed by atoms with van der Waals surface area (Å²) in [5.74, 6) is 0. The molecule has 6 aromatic rings. The van der Waals surface area contributed by atoms with Gasteiger partial charge in [0.2, 0.25) is 0 Å². The van der Waals surface area contributed by atoms with Crippen molar-refractivity contribution in [2.45, 2.75) is 26.9 Å². The maximum absolute atomic E-state index is 2.58. The van der Waals surface area contributed by atoms with Crippen LogP contribution in [0.25, 0.3) is 43.1 Å². The molecule has 0 amide bonds. The first kappa shape index (κ1) is 25.5. The van der Waals surface area contributed by atoms with Crippen molar-refractivity contribution in [2.75, 3.05) is 0 Å². The van der Waals surface area contributed by atoms with Crippen molar-refractivity contribution in [2.24, 2.45) is 0 Å². The van der Waals surface area contributed by atoms with Crippen molar-refractivity contribution in [1.82, 2.24) is 0 Å². The number of allylic oxidation sites excluding steroid dienone is 2. The van der Waals surface area contributed by atoms with E-state index in [1.165, 1.54) is 66.1 Å². The van der Waals surface area contributed by atoms with Gasteiger partial charge < -0.3 is 0 Å². The first-order chi connectivity index (χ1) is 20.0. The van der Waals surface area contributed by atoms with Crippen molar-refractivity contribution < 1.29 is 0 Å². The Kier molecular flexibility index (Phi) is 6.14. The van der Waals surface area contributed by atoms with E-state index in [1.54, 1.807) is 10.4 Å². The van der Waals surface area contributed by atoms with Crippen molar-refractivity contribution >= 4 is 51.2 Å². The van der Waals surface area contributed by atoms with E-state index in [9.17, 15) is 0 Å². The van der Waals surface area contributed by atoms with Crippen molar-refractivity contribution in [1.29, 1.82) is 0 Å². The van der Waals surface area contributed by atoms with Gasteiger partial charge in [-0.15, -0.1) is 0 Å². The van der Waals surface area contributed by atoms with Gasteiger partial charge in [-0.3, -0.25) is 0 Å². The van der Waals surface area contributed by atoms with Gasteiger partial charge in [-0.05, 0) is 90.3 Å². The largest absolute Gasteiger partial charge is 0.115 e. The fourth-order valence-electron chi connectivity index (χ4n) is 7.09. The van der Waals surface area contributed by atoms with Gasteiger partial charge in [0, 0.05) is 0 Å². The van der Waals surface area contributed by atoms with Crippen LogP contribution >= 0.6 is 0 Å². The number of hydrogen-bond donors (Lipinski definition) is 0. The molecule has 0 bridgehead atoms. The minimum absolute atomic E-state index is 1.29. The fourth-order valence-corrected chi connectivity index (χ4v) is 11.0. The van der Waals surface area contributed by atoms with Gasteiger partial charge in [-0.1, -0.05) is 147 Å². The summed E-state index contributed by atoms with van der Waals surface area (Å²) in [6, 6.07) is 49.3. The summed E-state index contributed by atoms with van der Waals surface area (Å²) in [7, 11) is -2.31. The zero-order valence-electron chi connectivity index (χ0n) is 24.2. The van der Waals surface area contributed by atoms with E-state index in [4.69, 9.17) is 0 Å². The molecule has 6 aromatic carbocycles. The van der Waals surface area contributed by atoms with Crippen LogP contribution in [-0.2, 0) is 0 Å². The maximum atomic E-state index is 2.58. The normalized spacial score (nSPS) is 14.8. The molecule has 198 valence electrons. The van der Waals surface area contributed by atoms with Crippen molar-refractivity contribution in [3.05, 3.63) is 167 Å².